The van der Waals surface area contributed by atoms with E-state index >= 15 is 0 Å². The maximum atomic E-state index is 13.5. The number of carbonyl (C=O) groups excluding carboxylic acids is 5. The van der Waals surface area contributed by atoms with Gasteiger partial charge < -0.3 is 31.9 Å². The lowest BCUT2D eigenvalue weighted by molar-refractivity contribution is -0.122. The van der Waals surface area contributed by atoms with Gasteiger partial charge in [0.1, 0.15) is 11.6 Å². The van der Waals surface area contributed by atoms with Gasteiger partial charge >= 0.3 is 6.03 Å². The molecular formula is C43H56ClN7O5S. The first-order valence-electron chi connectivity index (χ1n) is 19.9. The fourth-order valence-corrected chi connectivity index (χ4v) is 8.85. The lowest BCUT2D eigenvalue weighted by atomic mass is 9.98. The summed E-state index contributed by atoms with van der Waals surface area (Å²) in [6.45, 7) is 0.869. The van der Waals surface area contributed by atoms with Gasteiger partial charge in [-0.05, 0) is 84.7 Å². The van der Waals surface area contributed by atoms with Crippen LogP contribution in [-0.4, -0.2) is 97.4 Å². The number of anilines is 1. The zero-order chi connectivity index (χ0) is 40.7. The molecule has 6 N–H and O–H groups in total. The van der Waals surface area contributed by atoms with Gasteiger partial charge in [-0.2, -0.15) is 11.8 Å². The van der Waals surface area contributed by atoms with Gasteiger partial charge in [0.25, 0.3) is 5.91 Å². The Bertz CT molecular complexity index is 1910. The van der Waals surface area contributed by atoms with Crippen LogP contribution >= 0.6 is 23.4 Å². The number of benzene rings is 3. The number of aliphatic imine (C=N–C) groups is 1. The normalized spacial score (nSPS) is 18.1. The molecule has 0 radical (unpaired) electrons. The molecule has 0 saturated carbocycles. The van der Waals surface area contributed by atoms with Gasteiger partial charge in [-0.3, -0.25) is 24.2 Å². The zero-order valence-corrected chi connectivity index (χ0v) is 34.6. The third-order valence-electron chi connectivity index (χ3n) is 10.5. The van der Waals surface area contributed by atoms with Crippen LogP contribution in [0.15, 0.2) is 65.7 Å². The minimum Gasteiger partial charge on any atom is -0.386 e. The number of alkyl halides is 1. The summed E-state index contributed by atoms with van der Waals surface area (Å²) in [5.74, 6) is 1.13. The molecule has 306 valence electrons. The van der Waals surface area contributed by atoms with Crippen LogP contribution in [0, 0.1) is 0 Å². The molecule has 12 nitrogen and oxygen atoms in total. The summed E-state index contributed by atoms with van der Waals surface area (Å²) >= 11 is 7.63. The topological polar surface area (TPSA) is 175 Å². The number of unbranched alkanes of at least 4 members (excludes halogenated alkanes) is 1. The number of halogens is 1. The second kappa shape index (κ2) is 21.8. The first-order valence-corrected chi connectivity index (χ1v) is 21.5. The van der Waals surface area contributed by atoms with E-state index in [1.165, 1.54) is 0 Å². The van der Waals surface area contributed by atoms with E-state index in [2.05, 4.69) is 32.3 Å². The molecule has 0 spiro atoms. The van der Waals surface area contributed by atoms with Crippen LogP contribution in [0.2, 0.25) is 0 Å². The lowest BCUT2D eigenvalue weighted by Crippen LogP contribution is -2.41. The maximum Gasteiger partial charge on any atom is 0.315 e. The van der Waals surface area contributed by atoms with Crippen molar-refractivity contribution in [3.8, 4) is 0 Å². The predicted octanol–water partition coefficient (Wildman–Crippen LogP) is 5.32. The molecule has 2 fully saturated rings. The van der Waals surface area contributed by atoms with Gasteiger partial charge in [-0.1, -0.05) is 42.8 Å². The highest BCUT2D eigenvalue weighted by Crippen LogP contribution is 2.33. The van der Waals surface area contributed by atoms with Crippen LogP contribution in [0.1, 0.15) is 79.3 Å². The molecule has 57 heavy (non-hydrogen) atoms. The smallest absolute Gasteiger partial charge is 0.315 e. The summed E-state index contributed by atoms with van der Waals surface area (Å²) in [5, 5.41) is 14.2. The summed E-state index contributed by atoms with van der Waals surface area (Å²) in [6.07, 6.45) is 6.14. The van der Waals surface area contributed by atoms with E-state index in [-0.39, 0.29) is 53.8 Å². The molecule has 0 aromatic heterocycles. The molecule has 4 atom stereocenters. The minimum absolute atomic E-state index is 0.00319. The van der Waals surface area contributed by atoms with Crippen LogP contribution in [-0.2, 0) is 27.2 Å². The Kier molecular flexibility index (Phi) is 16.6. The Labute approximate surface area is 344 Å². The molecule has 4 amide bonds. The second-order valence-electron chi connectivity index (χ2n) is 15.1. The Morgan fingerprint density at radius 2 is 1.68 bits per heavy atom. The molecule has 2 heterocycles. The number of aryl methyl sites for hydroxylation is 1. The van der Waals surface area contributed by atoms with Crippen molar-refractivity contribution < 1.29 is 24.0 Å². The van der Waals surface area contributed by atoms with E-state index < -0.39 is 6.04 Å². The van der Waals surface area contributed by atoms with Crippen molar-refractivity contribution in [1.29, 1.82) is 0 Å². The van der Waals surface area contributed by atoms with Crippen molar-refractivity contribution in [2.45, 2.75) is 94.0 Å². The van der Waals surface area contributed by atoms with E-state index in [1.54, 1.807) is 6.07 Å². The number of urea groups is 1. The van der Waals surface area contributed by atoms with Crippen LogP contribution in [0.3, 0.4) is 0 Å². The number of ketones is 2. The first kappa shape index (κ1) is 43.5. The number of thioether (sulfide) groups is 1. The second-order valence-corrected chi connectivity index (χ2v) is 16.7. The number of nitrogens with one attached hydrogen (secondary N) is 4. The van der Waals surface area contributed by atoms with E-state index in [0.29, 0.717) is 74.7 Å². The standard InChI is InChI=1S/C43H56ClN7O5S/c1-51(2)33-19-18-30-24-32(17-16-31(30)25-33)42(55)48-35(8-6-21-46-39(45)26-44)37(53)20-15-28-11-13-29(14-12-28)23-34(52)7-5-22-47-40(54)10-4-3-9-38-41-36(27-57-38)49-43(56)50-41/h11-14,16-19,24-25,35-36,38,41H,3-10,15,20-23,26-27H2,1-2H3,(H2,45,46)(H,47,54)(H,48,55)(H2,49,50,56)/t35-,36?,38?,41?/m0/s1. The number of Topliss-reactive ketones (excluding diaryl/α,β-unsaturated/α-hetero) is 2. The Balaban J connectivity index is 1.02. The van der Waals surface area contributed by atoms with Crippen LogP contribution in [0.4, 0.5) is 10.5 Å². The quantitative estimate of drug-likeness (QED) is 0.0281. The van der Waals surface area contributed by atoms with E-state index in [4.69, 9.17) is 17.3 Å². The molecule has 2 aliphatic rings. The number of nitrogens with zero attached hydrogens (tertiary/aromatic N) is 2. The number of amides is 4. The fourth-order valence-electron chi connectivity index (χ4n) is 7.23. The molecule has 2 aliphatic heterocycles. The Morgan fingerprint density at radius 1 is 0.930 bits per heavy atom. The lowest BCUT2D eigenvalue weighted by Gasteiger charge is -2.18. The van der Waals surface area contributed by atoms with Gasteiger partial charge in [-0.25, -0.2) is 4.79 Å². The molecule has 3 aromatic carbocycles. The third-order valence-corrected chi connectivity index (χ3v) is 12.3. The van der Waals surface area contributed by atoms with E-state index in [0.717, 1.165) is 52.6 Å². The third kappa shape index (κ3) is 13.5. The van der Waals surface area contributed by atoms with Gasteiger partial charge in [0.2, 0.25) is 5.91 Å². The number of hydrogen-bond acceptors (Lipinski definition) is 8. The summed E-state index contributed by atoms with van der Waals surface area (Å²) in [7, 11) is 3.96. The number of fused-ring (bicyclic) bond motifs is 2. The molecule has 3 aromatic rings. The van der Waals surface area contributed by atoms with Crippen LogP contribution < -0.4 is 31.9 Å². The van der Waals surface area contributed by atoms with E-state index in [1.807, 2.05) is 79.3 Å². The highest BCUT2D eigenvalue weighted by atomic mass is 35.5. The zero-order valence-electron chi connectivity index (χ0n) is 33.0. The summed E-state index contributed by atoms with van der Waals surface area (Å²) in [4.78, 5) is 69.7. The van der Waals surface area contributed by atoms with Crippen molar-refractivity contribution in [2.24, 2.45) is 10.7 Å². The Hall–Kier alpha value is -4.62. The van der Waals surface area contributed by atoms with Gasteiger partial charge in [0.15, 0.2) is 5.78 Å². The van der Waals surface area contributed by atoms with Crippen molar-refractivity contribution in [3.05, 3.63) is 77.4 Å². The average molecular weight is 818 g/mol. The van der Waals surface area contributed by atoms with Crippen LogP contribution in [0.25, 0.3) is 10.8 Å². The maximum absolute atomic E-state index is 13.5. The highest BCUT2D eigenvalue weighted by Gasteiger charge is 2.42. The summed E-state index contributed by atoms with van der Waals surface area (Å²) in [5.41, 5.74) is 9.16. The Morgan fingerprint density at radius 3 is 2.46 bits per heavy atom. The number of amidine groups is 1. The SMILES string of the molecule is CN(C)c1ccc2cc(C(=O)N[C@@H](CCCN=C(N)CCl)C(=O)CCc3ccc(CC(=O)CCCNC(=O)CCCCC4SCC5NC(=O)NC54)cc3)ccc2c1. The first-order chi connectivity index (χ1) is 27.5. The summed E-state index contributed by atoms with van der Waals surface area (Å²) in [6, 6.07) is 18.9. The minimum atomic E-state index is -0.691. The summed E-state index contributed by atoms with van der Waals surface area (Å²) < 4.78 is 0. The van der Waals surface area contributed by atoms with Crippen molar-refractivity contribution in [2.75, 3.05) is 43.7 Å². The monoisotopic (exact) mass is 817 g/mol. The fraction of sp³-hybridized carbons (Fsp3) is 0.488. The number of carbonyl (C=O) groups is 5. The molecular weight excluding hydrogens is 762 g/mol. The number of hydrogen-bond donors (Lipinski definition) is 5. The molecule has 5 rings (SSSR count). The van der Waals surface area contributed by atoms with Gasteiger partial charge in [0, 0.05) is 75.1 Å². The van der Waals surface area contributed by atoms with Gasteiger partial charge in [0.05, 0.1) is 24.0 Å². The molecule has 0 aliphatic carbocycles. The van der Waals surface area contributed by atoms with Gasteiger partial charge in [-0.15, -0.1) is 11.6 Å². The van der Waals surface area contributed by atoms with Crippen molar-refractivity contribution in [3.63, 3.8) is 0 Å². The van der Waals surface area contributed by atoms with Crippen LogP contribution in [0.5, 0.6) is 0 Å². The molecule has 0 bridgehead atoms. The largest absolute Gasteiger partial charge is 0.386 e. The highest BCUT2D eigenvalue weighted by molar-refractivity contribution is 8.00. The molecule has 2 saturated heterocycles. The van der Waals surface area contributed by atoms with E-state index in [9.17, 15) is 24.0 Å². The number of nitrogens with two attached hydrogens (primary N) is 1. The molecule has 14 heteroatoms. The molecule has 3 unspecified atom stereocenters. The number of rotatable bonds is 23. The van der Waals surface area contributed by atoms with Crippen molar-refractivity contribution >= 4 is 75.1 Å². The predicted molar refractivity (Wildman–Crippen MR) is 231 cm³/mol. The average Bonchev–Trinajstić information content (AvgIpc) is 3.77. The van der Waals surface area contributed by atoms with Crippen molar-refractivity contribution in [1.82, 2.24) is 21.3 Å².